The molecular formula is C19H28N2OS. The molecule has 3 rings (SSSR count). The van der Waals surface area contributed by atoms with Crippen LogP contribution in [0.1, 0.15) is 55.8 Å². The van der Waals surface area contributed by atoms with Crippen LogP contribution in [0.4, 0.5) is 0 Å². The van der Waals surface area contributed by atoms with Crippen molar-refractivity contribution < 1.29 is 4.79 Å². The summed E-state index contributed by atoms with van der Waals surface area (Å²) in [6, 6.07) is 8.94. The van der Waals surface area contributed by atoms with Crippen molar-refractivity contribution in [3.05, 3.63) is 29.8 Å². The van der Waals surface area contributed by atoms with Crippen molar-refractivity contribution in [1.82, 2.24) is 10.2 Å². The zero-order chi connectivity index (χ0) is 16.1. The number of nitrogens with zero attached hydrogens (tertiary/aromatic N) is 1. The average molecular weight is 333 g/mol. The molecule has 1 atom stereocenters. The van der Waals surface area contributed by atoms with Gasteiger partial charge in [-0.25, -0.2) is 0 Å². The Bertz CT molecular complexity index is 522. The molecule has 1 N–H and O–H groups in total. The summed E-state index contributed by atoms with van der Waals surface area (Å²) < 4.78 is 0. The van der Waals surface area contributed by atoms with E-state index in [2.05, 4.69) is 23.2 Å². The SMILES string of the molecule is CCSc1ccccc1C(=O)N(C1CCCCC1)[C@H]1CCNC1. The molecule has 23 heavy (non-hydrogen) atoms. The topological polar surface area (TPSA) is 32.3 Å². The van der Waals surface area contributed by atoms with Crippen molar-refractivity contribution in [2.45, 2.75) is 62.4 Å². The fourth-order valence-electron chi connectivity index (χ4n) is 3.93. The second-order valence-corrected chi connectivity index (χ2v) is 7.89. The van der Waals surface area contributed by atoms with Crippen LogP contribution in [-0.2, 0) is 0 Å². The Morgan fingerprint density at radius 1 is 1.17 bits per heavy atom. The number of hydrogen-bond donors (Lipinski definition) is 1. The van der Waals surface area contributed by atoms with Crippen LogP contribution in [-0.4, -0.2) is 41.7 Å². The predicted molar refractivity (Wildman–Crippen MR) is 97.2 cm³/mol. The first-order valence-electron chi connectivity index (χ1n) is 9.06. The molecule has 1 saturated heterocycles. The lowest BCUT2D eigenvalue weighted by atomic mass is 9.92. The predicted octanol–water partition coefficient (Wildman–Crippen LogP) is 3.94. The lowest BCUT2D eigenvalue weighted by molar-refractivity contribution is 0.0531. The number of amides is 1. The quantitative estimate of drug-likeness (QED) is 0.829. The van der Waals surface area contributed by atoms with Crippen LogP contribution in [0.15, 0.2) is 29.2 Å². The number of benzene rings is 1. The molecular weight excluding hydrogens is 304 g/mol. The van der Waals surface area contributed by atoms with Crippen LogP contribution >= 0.6 is 11.8 Å². The van der Waals surface area contributed by atoms with Gasteiger partial charge in [-0.05, 0) is 43.7 Å². The van der Waals surface area contributed by atoms with Crippen LogP contribution in [0, 0.1) is 0 Å². The Hall–Kier alpha value is -1.00. The molecule has 1 amide bonds. The molecule has 1 aromatic rings. The van der Waals surface area contributed by atoms with Crippen molar-refractivity contribution in [2.75, 3.05) is 18.8 Å². The molecule has 1 aromatic carbocycles. The molecule has 2 fully saturated rings. The van der Waals surface area contributed by atoms with E-state index in [1.165, 1.54) is 32.1 Å². The second kappa shape index (κ2) is 8.20. The summed E-state index contributed by atoms with van der Waals surface area (Å²) in [5, 5.41) is 3.44. The van der Waals surface area contributed by atoms with Gasteiger partial charge in [0.05, 0.1) is 5.56 Å². The molecule has 0 unspecified atom stereocenters. The smallest absolute Gasteiger partial charge is 0.255 e. The minimum atomic E-state index is 0.252. The highest BCUT2D eigenvalue weighted by Crippen LogP contribution is 2.30. The molecule has 2 aliphatic rings. The van der Waals surface area contributed by atoms with Crippen LogP contribution in [0.3, 0.4) is 0 Å². The van der Waals surface area contributed by atoms with Crippen LogP contribution in [0.25, 0.3) is 0 Å². The zero-order valence-electron chi connectivity index (χ0n) is 14.1. The standard InChI is InChI=1S/C19H28N2OS/c1-2-23-18-11-7-6-10-17(18)19(22)21(16-12-13-20-14-16)15-8-4-3-5-9-15/h6-7,10-11,15-16,20H,2-5,8-9,12-14H2,1H3/t16-/m0/s1. The second-order valence-electron chi connectivity index (χ2n) is 6.58. The van der Waals surface area contributed by atoms with Crippen LogP contribution < -0.4 is 5.32 Å². The van der Waals surface area contributed by atoms with Gasteiger partial charge in [0.2, 0.25) is 0 Å². The van der Waals surface area contributed by atoms with Gasteiger partial charge in [0.15, 0.2) is 0 Å². The third kappa shape index (κ3) is 3.92. The van der Waals surface area contributed by atoms with Gasteiger partial charge in [-0.2, -0.15) is 0 Å². The van der Waals surface area contributed by atoms with Gasteiger partial charge in [0.1, 0.15) is 0 Å². The Kier molecular flexibility index (Phi) is 6.01. The first-order valence-corrected chi connectivity index (χ1v) is 10.0. The summed E-state index contributed by atoms with van der Waals surface area (Å²) in [5.41, 5.74) is 0.900. The lowest BCUT2D eigenvalue weighted by Crippen LogP contribution is -2.49. The molecule has 0 bridgehead atoms. The average Bonchev–Trinajstić information content (AvgIpc) is 3.11. The van der Waals surface area contributed by atoms with E-state index in [0.29, 0.717) is 12.1 Å². The summed E-state index contributed by atoms with van der Waals surface area (Å²) in [5.74, 6) is 1.25. The summed E-state index contributed by atoms with van der Waals surface area (Å²) in [7, 11) is 0. The molecule has 0 aromatic heterocycles. The lowest BCUT2D eigenvalue weighted by Gasteiger charge is -2.38. The fourth-order valence-corrected chi connectivity index (χ4v) is 4.73. The van der Waals surface area contributed by atoms with Gasteiger partial charge in [0, 0.05) is 23.5 Å². The molecule has 1 heterocycles. The minimum absolute atomic E-state index is 0.252. The monoisotopic (exact) mass is 332 g/mol. The Labute approximate surface area is 144 Å². The highest BCUT2D eigenvalue weighted by Gasteiger charge is 2.34. The highest BCUT2D eigenvalue weighted by atomic mass is 32.2. The first kappa shape index (κ1) is 16.8. The van der Waals surface area contributed by atoms with Gasteiger partial charge in [-0.3, -0.25) is 4.79 Å². The summed E-state index contributed by atoms with van der Waals surface area (Å²) in [6.45, 7) is 4.13. The number of carbonyl (C=O) groups is 1. The maximum Gasteiger partial charge on any atom is 0.255 e. The van der Waals surface area contributed by atoms with Crippen LogP contribution in [0.5, 0.6) is 0 Å². The van der Waals surface area contributed by atoms with E-state index in [-0.39, 0.29) is 5.91 Å². The Morgan fingerprint density at radius 2 is 1.96 bits per heavy atom. The third-order valence-electron chi connectivity index (χ3n) is 5.05. The van der Waals surface area contributed by atoms with Gasteiger partial charge >= 0.3 is 0 Å². The molecule has 3 nitrogen and oxygen atoms in total. The van der Waals surface area contributed by atoms with Gasteiger partial charge in [-0.15, -0.1) is 11.8 Å². The first-order chi connectivity index (χ1) is 11.3. The summed E-state index contributed by atoms with van der Waals surface area (Å²) >= 11 is 1.77. The van der Waals surface area contributed by atoms with E-state index in [0.717, 1.165) is 35.7 Å². The number of thioether (sulfide) groups is 1. The largest absolute Gasteiger partial charge is 0.331 e. The van der Waals surface area contributed by atoms with E-state index >= 15 is 0 Å². The minimum Gasteiger partial charge on any atom is -0.331 e. The number of hydrogen-bond acceptors (Lipinski definition) is 3. The van der Waals surface area contributed by atoms with Crippen molar-refractivity contribution in [3.63, 3.8) is 0 Å². The van der Waals surface area contributed by atoms with Gasteiger partial charge in [-0.1, -0.05) is 38.3 Å². The van der Waals surface area contributed by atoms with E-state index in [9.17, 15) is 4.79 Å². The number of rotatable bonds is 5. The van der Waals surface area contributed by atoms with E-state index < -0.39 is 0 Å². The van der Waals surface area contributed by atoms with Crippen LogP contribution in [0.2, 0.25) is 0 Å². The zero-order valence-corrected chi connectivity index (χ0v) is 14.9. The van der Waals surface area contributed by atoms with E-state index in [1.807, 2.05) is 18.2 Å². The molecule has 1 aliphatic carbocycles. The molecule has 0 spiro atoms. The van der Waals surface area contributed by atoms with Gasteiger partial charge in [0.25, 0.3) is 5.91 Å². The van der Waals surface area contributed by atoms with Crippen molar-refractivity contribution in [3.8, 4) is 0 Å². The summed E-state index contributed by atoms with van der Waals surface area (Å²) in [6.07, 6.45) is 7.28. The third-order valence-corrected chi connectivity index (χ3v) is 6.00. The molecule has 126 valence electrons. The number of carbonyl (C=O) groups excluding carboxylic acids is 1. The maximum absolute atomic E-state index is 13.4. The molecule has 1 saturated carbocycles. The van der Waals surface area contributed by atoms with Crippen molar-refractivity contribution in [1.29, 1.82) is 0 Å². The molecule has 0 radical (unpaired) electrons. The van der Waals surface area contributed by atoms with E-state index in [1.54, 1.807) is 11.8 Å². The molecule has 1 aliphatic heterocycles. The maximum atomic E-state index is 13.4. The Morgan fingerprint density at radius 3 is 2.65 bits per heavy atom. The Balaban J connectivity index is 1.87. The summed E-state index contributed by atoms with van der Waals surface area (Å²) in [4.78, 5) is 16.8. The highest BCUT2D eigenvalue weighted by molar-refractivity contribution is 7.99. The van der Waals surface area contributed by atoms with Crippen molar-refractivity contribution >= 4 is 17.7 Å². The van der Waals surface area contributed by atoms with Crippen molar-refractivity contribution in [2.24, 2.45) is 0 Å². The molecule has 4 heteroatoms. The van der Waals surface area contributed by atoms with Gasteiger partial charge < -0.3 is 10.2 Å². The van der Waals surface area contributed by atoms with E-state index in [4.69, 9.17) is 0 Å². The number of nitrogens with one attached hydrogen (secondary N) is 1. The fraction of sp³-hybridized carbons (Fsp3) is 0.632. The normalized spacial score (nSPS) is 22.2.